The smallest absolute Gasteiger partial charge is 0.358 e. The third-order valence-corrected chi connectivity index (χ3v) is 3.14. The van der Waals surface area contributed by atoms with Gasteiger partial charge in [-0.2, -0.15) is 4.73 Å². The van der Waals surface area contributed by atoms with Crippen LogP contribution >= 0.6 is 0 Å². The van der Waals surface area contributed by atoms with Crippen LogP contribution in [0, 0.1) is 0 Å². The Morgan fingerprint density at radius 3 is 2.45 bits per heavy atom. The van der Waals surface area contributed by atoms with Gasteiger partial charge in [0.25, 0.3) is 0 Å². The van der Waals surface area contributed by atoms with Gasteiger partial charge < -0.3 is 19.0 Å². The highest BCUT2D eigenvalue weighted by atomic mass is 16.6. The third-order valence-electron chi connectivity index (χ3n) is 3.14. The summed E-state index contributed by atoms with van der Waals surface area (Å²) < 4.78 is 16.6. The van der Waals surface area contributed by atoms with Crippen molar-refractivity contribution in [2.24, 2.45) is 0 Å². The Kier molecular flexibility index (Phi) is 4.55. The van der Waals surface area contributed by atoms with E-state index in [9.17, 15) is 9.59 Å². The topological polar surface area (TPSA) is 76.0 Å². The van der Waals surface area contributed by atoms with Crippen molar-refractivity contribution >= 4 is 16.9 Å². The summed E-state index contributed by atoms with van der Waals surface area (Å²) >= 11 is 0. The van der Waals surface area contributed by atoms with Crippen LogP contribution in [0.15, 0.2) is 23.0 Å². The lowest BCUT2D eigenvalue weighted by Crippen LogP contribution is -2.23. The molecule has 1 heterocycles. The van der Waals surface area contributed by atoms with Gasteiger partial charge in [-0.25, -0.2) is 4.79 Å². The van der Waals surface area contributed by atoms with E-state index in [1.54, 1.807) is 19.1 Å². The highest BCUT2D eigenvalue weighted by molar-refractivity contribution is 5.94. The molecule has 0 N–H and O–H groups in total. The molecular weight excluding hydrogens is 290 g/mol. The van der Waals surface area contributed by atoms with Crippen LogP contribution in [-0.2, 0) is 4.74 Å². The molecule has 0 saturated carbocycles. The lowest BCUT2D eigenvalue weighted by atomic mass is 10.1. The number of hydrogen-bond donors (Lipinski definition) is 0. The largest absolute Gasteiger partial charge is 0.493 e. The number of nitrogens with zero attached hydrogens (tertiary/aromatic N) is 1. The monoisotopic (exact) mass is 307 g/mol. The van der Waals surface area contributed by atoms with Gasteiger partial charge in [-0.15, -0.1) is 0 Å². The maximum absolute atomic E-state index is 12.4. The van der Waals surface area contributed by atoms with Crippen molar-refractivity contribution in [2.75, 3.05) is 27.9 Å². The number of ether oxygens (including phenoxy) is 3. The first kappa shape index (κ1) is 15.7. The Bertz CT molecular complexity index is 765. The summed E-state index contributed by atoms with van der Waals surface area (Å²) in [7, 11) is 4.31. The molecule has 0 amide bonds. The van der Waals surface area contributed by atoms with Gasteiger partial charge in [0.2, 0.25) is 0 Å². The second-order valence-corrected chi connectivity index (χ2v) is 4.29. The maximum atomic E-state index is 12.4. The summed E-state index contributed by atoms with van der Waals surface area (Å²) in [5, 5.41) is 0.261. The molecule has 1 aromatic heterocycles. The number of carbonyl (C=O) groups excluding carboxylic acids is 1. The Balaban J connectivity index is 2.86. The van der Waals surface area contributed by atoms with Crippen LogP contribution < -0.4 is 19.7 Å². The maximum Gasteiger partial charge on any atom is 0.358 e. The summed E-state index contributed by atoms with van der Waals surface area (Å²) in [4.78, 5) is 29.6. The number of pyridine rings is 1. The predicted octanol–water partition coefficient (Wildman–Crippen LogP) is 1.25. The van der Waals surface area contributed by atoms with Crippen LogP contribution in [0.2, 0.25) is 0 Å². The number of methoxy groups -OCH3 is 2. The summed E-state index contributed by atoms with van der Waals surface area (Å²) in [6, 6.07) is 4.40. The van der Waals surface area contributed by atoms with E-state index in [0.717, 1.165) is 6.07 Å². The van der Waals surface area contributed by atoms with Crippen molar-refractivity contribution in [3.05, 3.63) is 34.1 Å². The first-order valence-corrected chi connectivity index (χ1v) is 6.61. The summed E-state index contributed by atoms with van der Waals surface area (Å²) in [5.74, 6) is 0.0583. The van der Waals surface area contributed by atoms with E-state index in [4.69, 9.17) is 19.0 Å². The van der Waals surface area contributed by atoms with Gasteiger partial charge in [-0.1, -0.05) is 0 Å². The van der Waals surface area contributed by atoms with Crippen molar-refractivity contribution in [3.8, 4) is 11.5 Å². The van der Waals surface area contributed by atoms with Gasteiger partial charge in [0.05, 0.1) is 31.7 Å². The number of benzene rings is 1. The van der Waals surface area contributed by atoms with E-state index >= 15 is 0 Å². The van der Waals surface area contributed by atoms with E-state index in [2.05, 4.69) is 0 Å². The molecular formula is C15H17NO6. The molecule has 22 heavy (non-hydrogen) atoms. The lowest BCUT2D eigenvalue weighted by molar-refractivity contribution is 0.0474. The fourth-order valence-corrected chi connectivity index (χ4v) is 2.25. The van der Waals surface area contributed by atoms with E-state index in [-0.39, 0.29) is 28.9 Å². The van der Waals surface area contributed by atoms with Crippen molar-refractivity contribution in [3.63, 3.8) is 0 Å². The van der Waals surface area contributed by atoms with Crippen molar-refractivity contribution in [2.45, 2.75) is 6.92 Å². The van der Waals surface area contributed by atoms with Crippen LogP contribution in [0.4, 0.5) is 0 Å². The lowest BCUT2D eigenvalue weighted by Gasteiger charge is -2.16. The minimum Gasteiger partial charge on any atom is -0.493 e. The Morgan fingerprint density at radius 2 is 1.91 bits per heavy atom. The van der Waals surface area contributed by atoms with Gasteiger partial charge in [-0.3, -0.25) is 4.79 Å². The number of hydrogen-bond acceptors (Lipinski definition) is 6. The Morgan fingerprint density at radius 1 is 1.18 bits per heavy atom. The van der Waals surface area contributed by atoms with Crippen LogP contribution in [0.25, 0.3) is 10.9 Å². The molecule has 2 rings (SSSR count). The molecule has 7 heteroatoms. The highest BCUT2D eigenvalue weighted by Gasteiger charge is 2.21. The molecule has 1 aromatic carbocycles. The third kappa shape index (κ3) is 2.45. The molecule has 0 unspecified atom stereocenters. The molecule has 118 valence electrons. The number of rotatable bonds is 5. The normalized spacial score (nSPS) is 10.4. The average molecular weight is 307 g/mol. The van der Waals surface area contributed by atoms with Gasteiger partial charge in [0, 0.05) is 6.07 Å². The van der Waals surface area contributed by atoms with Crippen LogP contribution in [0.3, 0.4) is 0 Å². The quantitative estimate of drug-likeness (QED) is 0.774. The molecule has 0 aliphatic carbocycles. The van der Waals surface area contributed by atoms with Crippen LogP contribution in [-0.4, -0.2) is 38.6 Å². The van der Waals surface area contributed by atoms with Crippen LogP contribution in [0.5, 0.6) is 11.5 Å². The van der Waals surface area contributed by atoms with Gasteiger partial charge in [-0.05, 0) is 19.1 Å². The fraction of sp³-hybridized carbons (Fsp3) is 0.333. The van der Waals surface area contributed by atoms with E-state index < -0.39 is 5.97 Å². The molecule has 0 bridgehead atoms. The second-order valence-electron chi connectivity index (χ2n) is 4.29. The van der Waals surface area contributed by atoms with Crippen molar-refractivity contribution < 1.29 is 23.8 Å². The van der Waals surface area contributed by atoms with Gasteiger partial charge in [0.1, 0.15) is 7.11 Å². The molecule has 2 aromatic rings. The van der Waals surface area contributed by atoms with Gasteiger partial charge >= 0.3 is 5.97 Å². The van der Waals surface area contributed by atoms with Crippen LogP contribution in [0.1, 0.15) is 17.4 Å². The van der Waals surface area contributed by atoms with Gasteiger partial charge in [0.15, 0.2) is 22.6 Å². The summed E-state index contributed by atoms with van der Waals surface area (Å²) in [6.45, 7) is 1.88. The minimum absolute atomic E-state index is 0.00840. The van der Waals surface area contributed by atoms with E-state index in [1.807, 2.05) is 0 Å². The molecule has 0 aliphatic rings. The number of aromatic nitrogens is 1. The van der Waals surface area contributed by atoms with Crippen molar-refractivity contribution in [1.82, 2.24) is 4.73 Å². The second kappa shape index (κ2) is 6.38. The zero-order valence-electron chi connectivity index (χ0n) is 12.8. The summed E-state index contributed by atoms with van der Waals surface area (Å²) in [5.41, 5.74) is 0.00637. The highest BCUT2D eigenvalue weighted by Crippen LogP contribution is 2.33. The average Bonchev–Trinajstić information content (AvgIpc) is 2.53. The predicted molar refractivity (Wildman–Crippen MR) is 79.8 cm³/mol. The minimum atomic E-state index is -0.641. The Hall–Kier alpha value is -2.70. The molecule has 0 saturated heterocycles. The zero-order valence-corrected chi connectivity index (χ0v) is 12.8. The molecule has 0 atom stereocenters. The zero-order chi connectivity index (χ0) is 16.3. The SMILES string of the molecule is CCOC(=O)c1cc(=O)c2c(OC)c(OC)ccc2n1OC. The number of fused-ring (bicyclic) bond motifs is 1. The molecule has 0 spiro atoms. The molecule has 0 radical (unpaired) electrons. The number of carbonyl (C=O) groups is 1. The van der Waals surface area contributed by atoms with E-state index in [0.29, 0.717) is 11.3 Å². The first-order chi connectivity index (χ1) is 10.6. The van der Waals surface area contributed by atoms with E-state index in [1.165, 1.54) is 26.1 Å². The summed E-state index contributed by atoms with van der Waals surface area (Å²) in [6.07, 6.45) is 0. The first-order valence-electron chi connectivity index (χ1n) is 6.61. The number of esters is 1. The Labute approximate surface area is 126 Å². The van der Waals surface area contributed by atoms with Crippen molar-refractivity contribution in [1.29, 1.82) is 0 Å². The molecule has 7 nitrogen and oxygen atoms in total. The molecule has 0 aliphatic heterocycles. The molecule has 0 fully saturated rings. The fourth-order valence-electron chi connectivity index (χ4n) is 2.25. The standard InChI is InChI=1S/C15H17NO6/c1-5-22-15(18)10-8-11(17)13-9(16(10)21-4)6-7-12(19-2)14(13)20-3/h6-8H,5H2,1-4H3.